The second-order valence-corrected chi connectivity index (χ2v) is 4.78. The second-order valence-electron chi connectivity index (χ2n) is 3.81. The average molecular weight is 248 g/mol. The molecule has 0 radical (unpaired) electrons. The van der Waals surface area contributed by atoms with E-state index in [1.165, 1.54) is 30.8 Å². The minimum absolute atomic E-state index is 0. The van der Waals surface area contributed by atoms with E-state index in [9.17, 15) is 0 Å². The fourth-order valence-electron chi connectivity index (χ4n) is 1.92. The van der Waals surface area contributed by atoms with Crippen LogP contribution in [0.3, 0.4) is 0 Å². The Morgan fingerprint density at radius 3 is 2.80 bits per heavy atom. The van der Waals surface area contributed by atoms with Crippen molar-refractivity contribution >= 4 is 23.7 Å². The minimum Gasteiger partial charge on any atom is -0.317 e. The molecular formula is C10H18ClN3S. The highest BCUT2D eigenvalue weighted by molar-refractivity contribution is 7.09. The van der Waals surface area contributed by atoms with Crippen molar-refractivity contribution < 1.29 is 0 Å². The molecule has 0 bridgehead atoms. The van der Waals surface area contributed by atoms with Crippen LogP contribution >= 0.6 is 23.7 Å². The molecule has 1 aliphatic rings. The predicted octanol–water partition coefficient (Wildman–Crippen LogP) is 1.75. The highest BCUT2D eigenvalue weighted by Crippen LogP contribution is 2.15. The molecule has 0 atom stereocenters. The molecule has 0 amide bonds. The number of hydrogen-bond acceptors (Lipinski definition) is 4. The van der Waals surface area contributed by atoms with Crippen LogP contribution in [0.2, 0.25) is 0 Å². The number of halogens is 1. The smallest absolute Gasteiger partial charge is 0.0794 e. The van der Waals surface area contributed by atoms with Gasteiger partial charge < -0.3 is 5.32 Å². The molecule has 1 aromatic heterocycles. The van der Waals surface area contributed by atoms with E-state index in [2.05, 4.69) is 22.2 Å². The van der Waals surface area contributed by atoms with Gasteiger partial charge in [0.1, 0.15) is 0 Å². The molecular weight excluding hydrogens is 230 g/mol. The lowest BCUT2D eigenvalue weighted by Gasteiger charge is -2.31. The van der Waals surface area contributed by atoms with E-state index in [-0.39, 0.29) is 12.4 Å². The van der Waals surface area contributed by atoms with Crippen molar-refractivity contribution in [2.75, 3.05) is 20.1 Å². The summed E-state index contributed by atoms with van der Waals surface area (Å²) in [6.45, 7) is 3.51. The van der Waals surface area contributed by atoms with Crippen LogP contribution in [0.4, 0.5) is 0 Å². The number of likely N-dealkylation sites (tertiary alicyclic amines) is 1. The minimum atomic E-state index is 0. The van der Waals surface area contributed by atoms with Gasteiger partial charge in [0, 0.05) is 23.7 Å². The molecule has 5 heteroatoms. The summed E-state index contributed by atoms with van der Waals surface area (Å²) in [5.74, 6) is 0. The maximum atomic E-state index is 4.10. The quantitative estimate of drug-likeness (QED) is 0.882. The molecule has 1 N–H and O–H groups in total. The Kier molecular flexibility index (Phi) is 5.53. The first-order chi connectivity index (χ1) is 6.88. The van der Waals surface area contributed by atoms with Gasteiger partial charge in [0.2, 0.25) is 0 Å². The number of thiazole rings is 1. The normalized spacial score (nSPS) is 18.7. The van der Waals surface area contributed by atoms with Crippen LogP contribution in [0.15, 0.2) is 11.7 Å². The van der Waals surface area contributed by atoms with Crippen LogP contribution in [-0.2, 0) is 6.54 Å². The van der Waals surface area contributed by atoms with Crippen molar-refractivity contribution in [2.24, 2.45) is 0 Å². The summed E-state index contributed by atoms with van der Waals surface area (Å²) in [6.07, 6.45) is 4.53. The van der Waals surface area contributed by atoms with Crippen LogP contribution < -0.4 is 5.32 Å². The molecule has 15 heavy (non-hydrogen) atoms. The first-order valence-electron chi connectivity index (χ1n) is 5.15. The lowest BCUT2D eigenvalue weighted by molar-refractivity contribution is 0.196. The van der Waals surface area contributed by atoms with Crippen molar-refractivity contribution in [3.63, 3.8) is 0 Å². The van der Waals surface area contributed by atoms with Gasteiger partial charge in [-0.05, 0) is 33.0 Å². The third-order valence-electron chi connectivity index (χ3n) is 2.86. The Morgan fingerprint density at radius 2 is 2.27 bits per heavy atom. The van der Waals surface area contributed by atoms with Crippen molar-refractivity contribution in [3.8, 4) is 0 Å². The molecule has 0 unspecified atom stereocenters. The summed E-state index contributed by atoms with van der Waals surface area (Å²) in [5, 5.41) is 3.35. The number of rotatable bonds is 3. The lowest BCUT2D eigenvalue weighted by Crippen LogP contribution is -2.40. The molecule has 0 aromatic carbocycles. The highest BCUT2D eigenvalue weighted by atomic mass is 35.5. The highest BCUT2D eigenvalue weighted by Gasteiger charge is 2.17. The third kappa shape index (κ3) is 3.72. The summed E-state index contributed by atoms with van der Waals surface area (Å²) < 4.78 is 0. The van der Waals surface area contributed by atoms with E-state index < -0.39 is 0 Å². The summed E-state index contributed by atoms with van der Waals surface area (Å²) in [4.78, 5) is 8.00. The Labute approximate surface area is 101 Å². The lowest BCUT2D eigenvalue weighted by atomic mass is 10.1. The van der Waals surface area contributed by atoms with Gasteiger partial charge in [-0.15, -0.1) is 23.7 Å². The molecule has 1 aromatic rings. The second kappa shape index (κ2) is 6.43. The molecule has 2 heterocycles. The van der Waals surface area contributed by atoms with Gasteiger partial charge in [0.15, 0.2) is 0 Å². The van der Waals surface area contributed by atoms with Gasteiger partial charge in [-0.25, -0.2) is 0 Å². The Bertz CT molecular complexity index is 258. The monoisotopic (exact) mass is 247 g/mol. The topological polar surface area (TPSA) is 28.2 Å². The van der Waals surface area contributed by atoms with Gasteiger partial charge in [-0.3, -0.25) is 9.88 Å². The van der Waals surface area contributed by atoms with E-state index in [1.807, 2.05) is 11.7 Å². The maximum absolute atomic E-state index is 4.10. The molecule has 1 aliphatic heterocycles. The molecule has 1 fully saturated rings. The Hall–Kier alpha value is -0.160. The number of aromatic nitrogens is 1. The van der Waals surface area contributed by atoms with Crippen molar-refractivity contribution in [1.82, 2.24) is 15.2 Å². The first-order valence-corrected chi connectivity index (χ1v) is 6.03. The van der Waals surface area contributed by atoms with E-state index in [0.29, 0.717) is 0 Å². The number of nitrogens with one attached hydrogen (secondary N) is 1. The standard InChI is InChI=1S/C10H17N3S.ClH/c1-11-9-2-4-13(5-3-9)7-10-6-12-8-14-10;/h6,8-9,11H,2-5,7H2,1H3;1H. The van der Waals surface area contributed by atoms with Gasteiger partial charge >= 0.3 is 0 Å². The van der Waals surface area contributed by atoms with E-state index >= 15 is 0 Å². The van der Waals surface area contributed by atoms with E-state index in [1.54, 1.807) is 11.3 Å². The van der Waals surface area contributed by atoms with Crippen LogP contribution in [0, 0.1) is 0 Å². The zero-order chi connectivity index (χ0) is 9.80. The first kappa shape index (κ1) is 12.9. The van der Waals surface area contributed by atoms with Crippen molar-refractivity contribution in [1.29, 1.82) is 0 Å². The summed E-state index contributed by atoms with van der Waals surface area (Å²) in [7, 11) is 2.06. The molecule has 0 aliphatic carbocycles. The Morgan fingerprint density at radius 1 is 1.53 bits per heavy atom. The molecule has 0 spiro atoms. The average Bonchev–Trinajstić information content (AvgIpc) is 2.72. The zero-order valence-corrected chi connectivity index (χ0v) is 10.6. The van der Waals surface area contributed by atoms with Crippen LogP contribution in [0.5, 0.6) is 0 Å². The van der Waals surface area contributed by atoms with Crippen molar-refractivity contribution in [2.45, 2.75) is 25.4 Å². The molecule has 2 rings (SSSR count). The number of piperidine rings is 1. The molecule has 1 saturated heterocycles. The number of nitrogens with zero attached hydrogens (tertiary/aromatic N) is 2. The fourth-order valence-corrected chi connectivity index (χ4v) is 2.56. The molecule has 3 nitrogen and oxygen atoms in total. The van der Waals surface area contributed by atoms with Gasteiger partial charge in [-0.1, -0.05) is 0 Å². The third-order valence-corrected chi connectivity index (χ3v) is 3.62. The maximum Gasteiger partial charge on any atom is 0.0794 e. The zero-order valence-electron chi connectivity index (χ0n) is 8.98. The summed E-state index contributed by atoms with van der Waals surface area (Å²) >= 11 is 1.75. The SMILES string of the molecule is CNC1CCN(Cc2cncs2)CC1.Cl. The Balaban J connectivity index is 0.00000112. The van der Waals surface area contributed by atoms with Crippen LogP contribution in [0.1, 0.15) is 17.7 Å². The van der Waals surface area contributed by atoms with E-state index in [0.717, 1.165) is 12.6 Å². The largest absolute Gasteiger partial charge is 0.317 e. The van der Waals surface area contributed by atoms with Crippen molar-refractivity contribution in [3.05, 3.63) is 16.6 Å². The fraction of sp³-hybridized carbons (Fsp3) is 0.700. The van der Waals surface area contributed by atoms with Gasteiger partial charge in [0.05, 0.1) is 5.51 Å². The number of hydrogen-bond donors (Lipinski definition) is 1. The predicted molar refractivity (Wildman–Crippen MR) is 66.7 cm³/mol. The van der Waals surface area contributed by atoms with Gasteiger partial charge in [0.25, 0.3) is 0 Å². The summed E-state index contributed by atoms with van der Waals surface area (Å²) in [6, 6.07) is 0.729. The summed E-state index contributed by atoms with van der Waals surface area (Å²) in [5.41, 5.74) is 1.91. The van der Waals surface area contributed by atoms with Crippen LogP contribution in [0.25, 0.3) is 0 Å². The van der Waals surface area contributed by atoms with Gasteiger partial charge in [-0.2, -0.15) is 0 Å². The molecule has 86 valence electrons. The van der Waals surface area contributed by atoms with Crippen LogP contribution in [-0.4, -0.2) is 36.1 Å². The van der Waals surface area contributed by atoms with E-state index in [4.69, 9.17) is 0 Å². The molecule has 0 saturated carbocycles.